The Hall–Kier alpha value is -2.27. The van der Waals surface area contributed by atoms with Crippen molar-refractivity contribution in [3.05, 3.63) is 64.7 Å². The molecule has 0 radical (unpaired) electrons. The van der Waals surface area contributed by atoms with Gasteiger partial charge in [-0.15, -0.1) is 0 Å². The number of nitriles is 1. The third-order valence-electron chi connectivity index (χ3n) is 3.77. The minimum absolute atomic E-state index is 0.450. The first-order chi connectivity index (χ1) is 9.85. The summed E-state index contributed by atoms with van der Waals surface area (Å²) in [6.45, 7) is 0.602. The number of aryl methyl sites for hydroxylation is 2. The lowest BCUT2D eigenvalue weighted by Gasteiger charge is -2.08. The standard InChI is InChI=1S/C18H17NO/c19-11-10-14-5-8-18(9-6-14)20-13-15-4-7-16-2-1-3-17(16)12-15/h4-9,12H,1-3,10,13H2. The minimum Gasteiger partial charge on any atom is -0.489 e. The van der Waals surface area contributed by atoms with Crippen molar-refractivity contribution in [2.24, 2.45) is 0 Å². The highest BCUT2D eigenvalue weighted by atomic mass is 16.5. The van der Waals surface area contributed by atoms with E-state index in [1.54, 1.807) is 0 Å². The molecule has 0 unspecified atom stereocenters. The van der Waals surface area contributed by atoms with Gasteiger partial charge in [-0.2, -0.15) is 5.26 Å². The van der Waals surface area contributed by atoms with E-state index in [9.17, 15) is 0 Å². The molecule has 2 nitrogen and oxygen atoms in total. The lowest BCUT2D eigenvalue weighted by Crippen LogP contribution is -1.97. The molecule has 2 aromatic rings. The van der Waals surface area contributed by atoms with E-state index in [2.05, 4.69) is 24.3 Å². The van der Waals surface area contributed by atoms with Crippen LogP contribution in [0.25, 0.3) is 0 Å². The lowest BCUT2D eigenvalue weighted by atomic mass is 10.1. The average molecular weight is 263 g/mol. The SMILES string of the molecule is N#CCc1ccc(OCc2ccc3c(c2)CCC3)cc1. The number of benzene rings is 2. The van der Waals surface area contributed by atoms with Gasteiger partial charge in [-0.05, 0) is 53.6 Å². The summed E-state index contributed by atoms with van der Waals surface area (Å²) in [4.78, 5) is 0. The smallest absolute Gasteiger partial charge is 0.119 e. The van der Waals surface area contributed by atoms with Crippen molar-refractivity contribution in [1.29, 1.82) is 5.26 Å². The second-order valence-corrected chi connectivity index (χ2v) is 5.22. The van der Waals surface area contributed by atoms with Crippen molar-refractivity contribution in [1.82, 2.24) is 0 Å². The molecule has 0 aliphatic heterocycles. The molecule has 0 aromatic heterocycles. The van der Waals surface area contributed by atoms with Gasteiger partial charge < -0.3 is 4.74 Å². The largest absolute Gasteiger partial charge is 0.489 e. The van der Waals surface area contributed by atoms with Gasteiger partial charge in [-0.3, -0.25) is 0 Å². The molecule has 1 aliphatic carbocycles. The van der Waals surface area contributed by atoms with Crippen molar-refractivity contribution in [2.45, 2.75) is 32.3 Å². The summed E-state index contributed by atoms with van der Waals surface area (Å²) in [5, 5.41) is 8.64. The fourth-order valence-electron chi connectivity index (χ4n) is 2.68. The highest BCUT2D eigenvalue weighted by Crippen LogP contribution is 2.23. The first kappa shape index (κ1) is 12.7. The van der Waals surface area contributed by atoms with Crippen LogP contribution < -0.4 is 4.74 Å². The van der Waals surface area contributed by atoms with Gasteiger partial charge >= 0.3 is 0 Å². The normalized spacial score (nSPS) is 12.8. The van der Waals surface area contributed by atoms with E-state index in [4.69, 9.17) is 10.00 Å². The summed E-state index contributed by atoms with van der Waals surface area (Å²) >= 11 is 0. The summed E-state index contributed by atoms with van der Waals surface area (Å²) in [5.41, 5.74) is 5.23. The topological polar surface area (TPSA) is 33.0 Å². The zero-order valence-electron chi connectivity index (χ0n) is 11.4. The summed E-state index contributed by atoms with van der Waals surface area (Å²) in [6, 6.07) is 16.6. The summed E-state index contributed by atoms with van der Waals surface area (Å²) in [7, 11) is 0. The van der Waals surface area contributed by atoms with Crippen molar-refractivity contribution < 1.29 is 4.74 Å². The van der Waals surface area contributed by atoms with Crippen LogP contribution in [-0.2, 0) is 25.9 Å². The van der Waals surface area contributed by atoms with Crippen LogP contribution in [0.4, 0.5) is 0 Å². The van der Waals surface area contributed by atoms with Gasteiger partial charge in [-0.25, -0.2) is 0 Å². The number of hydrogen-bond acceptors (Lipinski definition) is 2. The van der Waals surface area contributed by atoms with Crippen LogP contribution in [0.1, 0.15) is 28.7 Å². The van der Waals surface area contributed by atoms with Gasteiger partial charge in [0.25, 0.3) is 0 Å². The van der Waals surface area contributed by atoms with Crippen LogP contribution in [0.2, 0.25) is 0 Å². The third-order valence-corrected chi connectivity index (χ3v) is 3.77. The summed E-state index contributed by atoms with van der Waals surface area (Å²) in [6.07, 6.45) is 4.15. The molecule has 0 N–H and O–H groups in total. The molecular formula is C18H17NO. The molecule has 0 atom stereocenters. The Bertz CT molecular complexity index is 637. The fraction of sp³-hybridized carbons (Fsp3) is 0.278. The zero-order chi connectivity index (χ0) is 13.8. The van der Waals surface area contributed by atoms with Crippen molar-refractivity contribution >= 4 is 0 Å². The Kier molecular flexibility index (Phi) is 3.69. The van der Waals surface area contributed by atoms with E-state index in [0.29, 0.717) is 13.0 Å². The Morgan fingerprint density at radius 3 is 2.50 bits per heavy atom. The van der Waals surface area contributed by atoms with Crippen LogP contribution >= 0.6 is 0 Å². The fourth-order valence-corrected chi connectivity index (χ4v) is 2.68. The van der Waals surface area contributed by atoms with Gasteiger partial charge in [0.05, 0.1) is 12.5 Å². The Morgan fingerprint density at radius 2 is 1.70 bits per heavy atom. The Labute approximate surface area is 119 Å². The maximum Gasteiger partial charge on any atom is 0.119 e. The van der Waals surface area contributed by atoms with Gasteiger partial charge in [-0.1, -0.05) is 30.3 Å². The molecular weight excluding hydrogens is 246 g/mol. The van der Waals surface area contributed by atoms with E-state index in [1.807, 2.05) is 24.3 Å². The second kappa shape index (κ2) is 5.79. The van der Waals surface area contributed by atoms with E-state index in [-0.39, 0.29) is 0 Å². The first-order valence-corrected chi connectivity index (χ1v) is 7.04. The van der Waals surface area contributed by atoms with E-state index < -0.39 is 0 Å². The highest BCUT2D eigenvalue weighted by molar-refractivity contribution is 5.35. The summed E-state index contributed by atoms with van der Waals surface area (Å²) in [5.74, 6) is 0.854. The maximum absolute atomic E-state index is 8.64. The minimum atomic E-state index is 0.450. The van der Waals surface area contributed by atoms with Gasteiger partial charge in [0.1, 0.15) is 12.4 Å². The molecule has 0 heterocycles. The summed E-state index contributed by atoms with van der Waals surface area (Å²) < 4.78 is 5.80. The molecule has 2 aromatic carbocycles. The number of hydrogen-bond donors (Lipinski definition) is 0. The quantitative estimate of drug-likeness (QED) is 0.840. The van der Waals surface area contributed by atoms with Gasteiger partial charge in [0.2, 0.25) is 0 Å². The van der Waals surface area contributed by atoms with E-state index in [1.165, 1.54) is 36.0 Å². The van der Waals surface area contributed by atoms with Crippen LogP contribution in [-0.4, -0.2) is 0 Å². The van der Waals surface area contributed by atoms with Crippen molar-refractivity contribution in [3.8, 4) is 11.8 Å². The second-order valence-electron chi connectivity index (χ2n) is 5.22. The number of ether oxygens (including phenoxy) is 1. The Morgan fingerprint density at radius 1 is 0.950 bits per heavy atom. The lowest BCUT2D eigenvalue weighted by molar-refractivity contribution is 0.306. The van der Waals surface area contributed by atoms with Crippen molar-refractivity contribution in [3.63, 3.8) is 0 Å². The number of rotatable bonds is 4. The van der Waals surface area contributed by atoms with Crippen LogP contribution in [0.15, 0.2) is 42.5 Å². The van der Waals surface area contributed by atoms with Crippen LogP contribution in [0.5, 0.6) is 5.75 Å². The monoisotopic (exact) mass is 263 g/mol. The molecule has 0 bridgehead atoms. The van der Waals surface area contributed by atoms with Gasteiger partial charge in [0, 0.05) is 0 Å². The molecule has 0 spiro atoms. The van der Waals surface area contributed by atoms with Crippen LogP contribution in [0.3, 0.4) is 0 Å². The highest BCUT2D eigenvalue weighted by Gasteiger charge is 2.10. The molecule has 1 aliphatic rings. The molecule has 2 heteroatoms. The molecule has 0 amide bonds. The first-order valence-electron chi connectivity index (χ1n) is 7.04. The molecule has 20 heavy (non-hydrogen) atoms. The molecule has 0 saturated heterocycles. The van der Waals surface area contributed by atoms with Crippen LogP contribution in [0, 0.1) is 11.3 Å². The molecule has 0 fully saturated rings. The van der Waals surface area contributed by atoms with Gasteiger partial charge in [0.15, 0.2) is 0 Å². The van der Waals surface area contributed by atoms with E-state index >= 15 is 0 Å². The average Bonchev–Trinajstić information content (AvgIpc) is 2.94. The number of fused-ring (bicyclic) bond motifs is 1. The predicted octanol–water partition coefficient (Wildman–Crippen LogP) is 3.82. The third kappa shape index (κ3) is 2.83. The number of nitrogens with zero attached hydrogens (tertiary/aromatic N) is 1. The predicted molar refractivity (Wildman–Crippen MR) is 78.6 cm³/mol. The Balaban J connectivity index is 1.63. The molecule has 0 saturated carbocycles. The van der Waals surface area contributed by atoms with E-state index in [0.717, 1.165) is 11.3 Å². The maximum atomic E-state index is 8.64. The van der Waals surface area contributed by atoms with Crippen molar-refractivity contribution in [2.75, 3.05) is 0 Å². The zero-order valence-corrected chi connectivity index (χ0v) is 11.4. The molecule has 3 rings (SSSR count). The molecule has 100 valence electrons.